The van der Waals surface area contributed by atoms with Gasteiger partial charge in [0.2, 0.25) is 0 Å². The number of carbonyl (C=O) groups excluding carboxylic acids is 1. The number of ketones is 1. The lowest BCUT2D eigenvalue weighted by Gasteiger charge is -2.14. The zero-order chi connectivity index (χ0) is 16.4. The molecule has 0 bridgehead atoms. The topological polar surface area (TPSA) is 110 Å². The number of ether oxygens (including phenoxy) is 1. The van der Waals surface area contributed by atoms with Gasteiger partial charge in [-0.1, -0.05) is 0 Å². The minimum Gasteiger partial charge on any atom is -0.505 e. The Labute approximate surface area is 122 Å². The number of aliphatic hydroxyl groups excluding tert-OH is 1. The molecule has 8 heteroatoms. The van der Waals surface area contributed by atoms with Crippen molar-refractivity contribution in [1.82, 2.24) is 0 Å². The number of rotatable bonds is 5. The van der Waals surface area contributed by atoms with Crippen LogP contribution in [0.5, 0.6) is 5.75 Å². The molecule has 1 rings (SSSR count). The van der Waals surface area contributed by atoms with E-state index in [1.165, 1.54) is 26.2 Å². The van der Waals surface area contributed by atoms with Gasteiger partial charge < -0.3 is 9.84 Å². The van der Waals surface area contributed by atoms with E-state index in [1.54, 1.807) is 0 Å². The summed E-state index contributed by atoms with van der Waals surface area (Å²) in [5.74, 6) is -1.28. The summed E-state index contributed by atoms with van der Waals surface area (Å²) < 4.78 is 28.4. The minimum atomic E-state index is -3.53. The second-order valence-electron chi connectivity index (χ2n) is 4.39. The van der Waals surface area contributed by atoms with Gasteiger partial charge in [0.1, 0.15) is 10.6 Å². The van der Waals surface area contributed by atoms with E-state index in [0.717, 1.165) is 13.2 Å². The van der Waals surface area contributed by atoms with Gasteiger partial charge in [-0.3, -0.25) is 4.79 Å². The summed E-state index contributed by atoms with van der Waals surface area (Å²) in [6.45, 7) is 2.59. The molecule has 0 aromatic heterocycles. The van der Waals surface area contributed by atoms with Crippen molar-refractivity contribution in [3.05, 3.63) is 33.9 Å². The molecule has 0 radical (unpaired) electrons. The number of hydrogen-bond acceptors (Lipinski definition) is 7. The molecule has 0 amide bonds. The molecule has 0 saturated carbocycles. The van der Waals surface area contributed by atoms with E-state index in [2.05, 4.69) is 5.18 Å². The van der Waals surface area contributed by atoms with Gasteiger partial charge in [-0.25, -0.2) is 8.42 Å². The van der Waals surface area contributed by atoms with Crippen LogP contribution in [-0.4, -0.2) is 32.7 Å². The van der Waals surface area contributed by atoms with Crippen LogP contribution in [0, 0.1) is 11.8 Å². The highest BCUT2D eigenvalue weighted by Gasteiger charge is 2.22. The first-order valence-electron chi connectivity index (χ1n) is 5.80. The molecule has 0 aliphatic carbocycles. The van der Waals surface area contributed by atoms with E-state index in [9.17, 15) is 23.2 Å². The lowest BCUT2D eigenvalue weighted by molar-refractivity contribution is -0.113. The summed E-state index contributed by atoms with van der Waals surface area (Å²) >= 11 is 0. The molecule has 1 N–H and O–H groups in total. The van der Waals surface area contributed by atoms with Gasteiger partial charge in [0.05, 0.1) is 7.11 Å². The second kappa shape index (κ2) is 6.04. The molecule has 0 aliphatic heterocycles. The number of carbonyl (C=O) groups is 1. The minimum absolute atomic E-state index is 0.0374. The van der Waals surface area contributed by atoms with E-state index in [4.69, 9.17) is 4.74 Å². The maximum atomic E-state index is 11.7. The van der Waals surface area contributed by atoms with Crippen molar-refractivity contribution in [3.63, 3.8) is 0 Å². The normalized spacial score (nSPS) is 12.6. The van der Waals surface area contributed by atoms with Crippen molar-refractivity contribution >= 4 is 21.4 Å². The first-order chi connectivity index (χ1) is 9.65. The predicted molar refractivity (Wildman–Crippen MR) is 76.9 cm³/mol. The van der Waals surface area contributed by atoms with Crippen molar-refractivity contribution in [2.24, 2.45) is 5.18 Å². The molecular formula is C13H15NO6S. The van der Waals surface area contributed by atoms with Gasteiger partial charge >= 0.3 is 0 Å². The highest BCUT2D eigenvalue weighted by atomic mass is 32.2. The third-order valence-electron chi connectivity index (χ3n) is 2.88. The first-order valence-corrected chi connectivity index (χ1v) is 7.69. The molecule has 0 fully saturated rings. The average Bonchev–Trinajstić information content (AvgIpc) is 2.37. The molecule has 21 heavy (non-hydrogen) atoms. The summed E-state index contributed by atoms with van der Waals surface area (Å²) in [6.07, 6.45) is 1.02. The molecule has 1 aromatic carbocycles. The number of Topliss-reactive ketones (excluding diaryl/α,β-unsaturated/α-hetero) is 1. The highest BCUT2D eigenvalue weighted by Crippen LogP contribution is 2.33. The van der Waals surface area contributed by atoms with Crippen LogP contribution in [0.25, 0.3) is 5.76 Å². The first kappa shape index (κ1) is 16.8. The predicted octanol–water partition coefficient (Wildman–Crippen LogP) is 1.99. The standard InChI is InChI=1S/C13H15NO6S/c1-7-9(12(16)11(14-17)8(2)15)5-6-10(13(7)20-3)21(4,18)19/h5-6,16H,1-4H3/b12-11-. The zero-order valence-electron chi connectivity index (χ0n) is 12.0. The van der Waals surface area contributed by atoms with Crippen LogP contribution in [0.1, 0.15) is 18.1 Å². The van der Waals surface area contributed by atoms with Crippen LogP contribution >= 0.6 is 0 Å². The van der Waals surface area contributed by atoms with Crippen molar-refractivity contribution in [1.29, 1.82) is 0 Å². The summed E-state index contributed by atoms with van der Waals surface area (Å²) in [5, 5.41) is 12.5. The Morgan fingerprint density at radius 3 is 2.29 bits per heavy atom. The van der Waals surface area contributed by atoms with Gasteiger partial charge in [0.25, 0.3) is 0 Å². The third-order valence-corrected chi connectivity index (χ3v) is 4.00. The zero-order valence-corrected chi connectivity index (χ0v) is 12.8. The Bertz CT molecular complexity index is 733. The van der Waals surface area contributed by atoms with Gasteiger partial charge in [0.15, 0.2) is 27.1 Å². The van der Waals surface area contributed by atoms with Crippen molar-refractivity contribution in [2.75, 3.05) is 13.4 Å². The average molecular weight is 313 g/mol. The van der Waals surface area contributed by atoms with Gasteiger partial charge in [-0.15, -0.1) is 4.91 Å². The number of sulfone groups is 1. The monoisotopic (exact) mass is 313 g/mol. The number of benzene rings is 1. The Hall–Kier alpha value is -2.22. The van der Waals surface area contributed by atoms with Crippen LogP contribution < -0.4 is 4.74 Å². The number of hydrogen-bond donors (Lipinski definition) is 1. The molecule has 0 atom stereocenters. The van der Waals surface area contributed by atoms with Crippen LogP contribution in [0.3, 0.4) is 0 Å². The fourth-order valence-corrected chi connectivity index (χ4v) is 2.76. The number of nitrogens with zero attached hydrogens (tertiary/aromatic N) is 1. The van der Waals surface area contributed by atoms with Crippen molar-refractivity contribution in [2.45, 2.75) is 18.7 Å². The summed E-state index contributed by atoms with van der Waals surface area (Å²) in [5.41, 5.74) is -0.253. The second-order valence-corrected chi connectivity index (χ2v) is 6.37. The number of aliphatic hydroxyl groups is 1. The largest absolute Gasteiger partial charge is 0.505 e. The van der Waals surface area contributed by atoms with E-state index in [1.807, 2.05) is 0 Å². The molecule has 0 aliphatic rings. The maximum absolute atomic E-state index is 11.7. The van der Waals surface area contributed by atoms with Crippen molar-refractivity contribution < 1.29 is 23.1 Å². The molecule has 0 spiro atoms. The molecule has 0 saturated heterocycles. The maximum Gasteiger partial charge on any atom is 0.192 e. The fourth-order valence-electron chi connectivity index (χ4n) is 1.87. The Morgan fingerprint density at radius 1 is 1.33 bits per heavy atom. The molecule has 0 unspecified atom stereocenters. The lowest BCUT2D eigenvalue weighted by Crippen LogP contribution is -2.05. The SMILES string of the molecule is COc1c(S(C)(=O)=O)ccc(/C(O)=C(/N=O)C(C)=O)c1C. The Morgan fingerprint density at radius 2 is 1.90 bits per heavy atom. The fraction of sp³-hybridized carbons (Fsp3) is 0.308. The Kier molecular flexibility index (Phi) is 4.84. The number of nitroso groups, excluding NO2 is 1. The smallest absolute Gasteiger partial charge is 0.192 e. The van der Waals surface area contributed by atoms with Gasteiger partial charge in [-0.05, 0) is 24.2 Å². The molecule has 0 heterocycles. The summed E-state index contributed by atoms with van der Waals surface area (Å²) in [7, 11) is -2.24. The van der Waals surface area contributed by atoms with E-state index in [-0.39, 0.29) is 21.8 Å². The van der Waals surface area contributed by atoms with Crippen LogP contribution in [0.2, 0.25) is 0 Å². The van der Waals surface area contributed by atoms with Crippen LogP contribution in [-0.2, 0) is 14.6 Å². The van der Waals surface area contributed by atoms with Gasteiger partial charge in [0, 0.05) is 24.3 Å². The molecular weight excluding hydrogens is 298 g/mol. The van der Waals surface area contributed by atoms with Crippen LogP contribution in [0.4, 0.5) is 0 Å². The van der Waals surface area contributed by atoms with Crippen LogP contribution in [0.15, 0.2) is 27.9 Å². The number of allylic oxidation sites excluding steroid dienone is 1. The van der Waals surface area contributed by atoms with E-state index in [0.29, 0.717) is 0 Å². The Balaban J connectivity index is 3.71. The molecule has 114 valence electrons. The van der Waals surface area contributed by atoms with E-state index < -0.39 is 27.1 Å². The van der Waals surface area contributed by atoms with Crippen molar-refractivity contribution in [3.8, 4) is 5.75 Å². The quantitative estimate of drug-likeness (QED) is 0.505. The summed E-state index contributed by atoms with van der Waals surface area (Å²) in [4.78, 5) is 21.8. The highest BCUT2D eigenvalue weighted by molar-refractivity contribution is 7.90. The molecule has 7 nitrogen and oxygen atoms in total. The number of methoxy groups -OCH3 is 1. The van der Waals surface area contributed by atoms with E-state index >= 15 is 0 Å². The molecule has 1 aromatic rings. The lowest BCUT2D eigenvalue weighted by atomic mass is 10.0. The third kappa shape index (κ3) is 3.27. The van der Waals surface area contributed by atoms with Gasteiger partial charge in [-0.2, -0.15) is 0 Å². The summed E-state index contributed by atoms with van der Waals surface area (Å²) in [6, 6.07) is 2.52.